The van der Waals surface area contributed by atoms with Crippen LogP contribution in [0.25, 0.3) is 0 Å². The number of ether oxygens (including phenoxy) is 1. The highest BCUT2D eigenvalue weighted by Crippen LogP contribution is 2.30. The summed E-state index contributed by atoms with van der Waals surface area (Å²) in [6.07, 6.45) is 8.12. The quantitative estimate of drug-likeness (QED) is 0.834. The number of hydrogen-bond acceptors (Lipinski definition) is 2. The maximum atomic E-state index is 11.9. The number of amides is 2. The number of urea groups is 1. The Labute approximate surface area is 125 Å². The van der Waals surface area contributed by atoms with Crippen LogP contribution < -0.4 is 15.4 Å². The van der Waals surface area contributed by atoms with Crippen molar-refractivity contribution in [2.45, 2.75) is 45.1 Å². The maximum absolute atomic E-state index is 11.9. The molecule has 0 saturated heterocycles. The summed E-state index contributed by atoms with van der Waals surface area (Å²) in [7, 11) is 0. The molecule has 0 radical (unpaired) electrons. The highest BCUT2D eigenvalue weighted by atomic mass is 16.5. The molecular weight excluding hydrogens is 264 g/mol. The fourth-order valence-electron chi connectivity index (χ4n) is 2.93. The largest absolute Gasteiger partial charge is 0.490 e. The van der Waals surface area contributed by atoms with Gasteiger partial charge in [0.15, 0.2) is 0 Å². The zero-order valence-electron chi connectivity index (χ0n) is 12.4. The van der Waals surface area contributed by atoms with E-state index in [1.165, 1.54) is 18.4 Å². The van der Waals surface area contributed by atoms with Crippen LogP contribution in [0.5, 0.6) is 5.75 Å². The van der Waals surface area contributed by atoms with E-state index in [1.807, 2.05) is 18.2 Å². The number of anilines is 1. The fraction of sp³-hybridized carbons (Fsp3) is 0.471. The summed E-state index contributed by atoms with van der Waals surface area (Å²) in [6.45, 7) is 2.70. The lowest BCUT2D eigenvalue weighted by Gasteiger charge is -2.14. The van der Waals surface area contributed by atoms with Gasteiger partial charge in [0.25, 0.3) is 0 Å². The van der Waals surface area contributed by atoms with Gasteiger partial charge in [-0.15, -0.1) is 0 Å². The Morgan fingerprint density at radius 3 is 3.10 bits per heavy atom. The van der Waals surface area contributed by atoms with Crippen LogP contribution in [0.2, 0.25) is 0 Å². The summed E-state index contributed by atoms with van der Waals surface area (Å²) in [5.74, 6) is 0.931. The van der Waals surface area contributed by atoms with Gasteiger partial charge in [0, 0.05) is 18.7 Å². The minimum absolute atomic E-state index is 0.145. The first-order chi connectivity index (χ1) is 10.2. The van der Waals surface area contributed by atoms with Crippen molar-refractivity contribution in [2.75, 3.05) is 11.9 Å². The molecule has 4 nitrogen and oxygen atoms in total. The molecular formula is C17H22N2O2. The molecule has 1 aromatic carbocycles. The molecule has 112 valence electrons. The number of carbonyl (C=O) groups excluding carboxylic acids is 1. The van der Waals surface area contributed by atoms with Gasteiger partial charge in [-0.05, 0) is 56.4 Å². The third kappa shape index (κ3) is 3.57. The number of benzene rings is 1. The highest BCUT2D eigenvalue weighted by molar-refractivity contribution is 5.89. The monoisotopic (exact) mass is 286 g/mol. The van der Waals surface area contributed by atoms with Crippen molar-refractivity contribution in [1.29, 1.82) is 0 Å². The zero-order valence-corrected chi connectivity index (χ0v) is 12.4. The summed E-state index contributed by atoms with van der Waals surface area (Å²) in [6, 6.07) is 5.67. The molecule has 2 N–H and O–H groups in total. The van der Waals surface area contributed by atoms with Crippen molar-refractivity contribution in [3.63, 3.8) is 0 Å². The maximum Gasteiger partial charge on any atom is 0.319 e. The minimum Gasteiger partial charge on any atom is -0.490 e. The van der Waals surface area contributed by atoms with Gasteiger partial charge in [0.05, 0.1) is 0 Å². The SMILES string of the molecule is C[C@H]1Cc2cc(NC(=O)NCC3=CCCCC3)ccc2O1. The number of rotatable bonds is 3. The number of allylic oxidation sites excluding steroid dienone is 1. The number of nitrogens with one attached hydrogen (secondary N) is 2. The van der Waals surface area contributed by atoms with Gasteiger partial charge in [0.2, 0.25) is 0 Å². The van der Waals surface area contributed by atoms with Gasteiger partial charge >= 0.3 is 6.03 Å². The predicted octanol–water partition coefficient (Wildman–Crippen LogP) is 3.63. The Balaban J connectivity index is 1.53. The van der Waals surface area contributed by atoms with Gasteiger partial charge in [0.1, 0.15) is 11.9 Å². The summed E-state index contributed by atoms with van der Waals surface area (Å²) in [4.78, 5) is 11.9. The number of fused-ring (bicyclic) bond motifs is 1. The van der Waals surface area contributed by atoms with Crippen LogP contribution >= 0.6 is 0 Å². The van der Waals surface area contributed by atoms with Crippen LogP contribution in [0.4, 0.5) is 10.5 Å². The van der Waals surface area contributed by atoms with Crippen molar-refractivity contribution >= 4 is 11.7 Å². The number of hydrogen-bond donors (Lipinski definition) is 2. The average molecular weight is 286 g/mol. The van der Waals surface area contributed by atoms with Gasteiger partial charge < -0.3 is 15.4 Å². The first-order valence-corrected chi connectivity index (χ1v) is 7.73. The summed E-state index contributed by atoms with van der Waals surface area (Å²) < 4.78 is 5.66. The smallest absolute Gasteiger partial charge is 0.319 e. The van der Waals surface area contributed by atoms with Crippen molar-refractivity contribution in [3.8, 4) is 5.75 Å². The van der Waals surface area contributed by atoms with E-state index in [0.29, 0.717) is 6.54 Å². The zero-order chi connectivity index (χ0) is 14.7. The van der Waals surface area contributed by atoms with Crippen molar-refractivity contribution in [1.82, 2.24) is 5.32 Å². The van der Waals surface area contributed by atoms with Crippen LogP contribution in [-0.2, 0) is 6.42 Å². The van der Waals surface area contributed by atoms with Crippen molar-refractivity contribution in [3.05, 3.63) is 35.4 Å². The second-order valence-corrected chi connectivity index (χ2v) is 5.87. The molecule has 4 heteroatoms. The fourth-order valence-corrected chi connectivity index (χ4v) is 2.93. The lowest BCUT2D eigenvalue weighted by molar-refractivity contribution is 0.252. The second kappa shape index (κ2) is 6.20. The molecule has 1 atom stereocenters. The van der Waals surface area contributed by atoms with E-state index < -0.39 is 0 Å². The van der Waals surface area contributed by atoms with Gasteiger partial charge in [-0.1, -0.05) is 11.6 Å². The Kier molecular flexibility index (Phi) is 4.13. The third-order valence-corrected chi connectivity index (χ3v) is 4.01. The molecule has 0 saturated carbocycles. The van der Waals surface area contributed by atoms with E-state index in [9.17, 15) is 4.79 Å². The van der Waals surface area contributed by atoms with Gasteiger partial charge in [-0.25, -0.2) is 4.79 Å². The van der Waals surface area contributed by atoms with Crippen LogP contribution in [-0.4, -0.2) is 18.7 Å². The van der Waals surface area contributed by atoms with Crippen LogP contribution in [0.3, 0.4) is 0 Å². The number of carbonyl (C=O) groups is 1. The van der Waals surface area contributed by atoms with Crippen LogP contribution in [0.15, 0.2) is 29.8 Å². The molecule has 0 aromatic heterocycles. The molecule has 21 heavy (non-hydrogen) atoms. The molecule has 3 rings (SSSR count). The minimum atomic E-state index is -0.145. The average Bonchev–Trinajstić information content (AvgIpc) is 2.85. The topological polar surface area (TPSA) is 50.4 Å². The van der Waals surface area contributed by atoms with Crippen LogP contribution in [0.1, 0.15) is 38.2 Å². The Morgan fingerprint density at radius 1 is 1.38 bits per heavy atom. The summed E-state index contributed by atoms with van der Waals surface area (Å²) in [5, 5.41) is 5.82. The molecule has 0 bridgehead atoms. The Hall–Kier alpha value is -1.97. The molecule has 1 aromatic rings. The second-order valence-electron chi connectivity index (χ2n) is 5.87. The first-order valence-electron chi connectivity index (χ1n) is 7.73. The molecule has 1 heterocycles. The molecule has 2 amide bonds. The predicted molar refractivity (Wildman–Crippen MR) is 83.8 cm³/mol. The highest BCUT2D eigenvalue weighted by Gasteiger charge is 2.19. The summed E-state index contributed by atoms with van der Waals surface area (Å²) in [5.41, 5.74) is 3.32. The van der Waals surface area contributed by atoms with E-state index in [1.54, 1.807) is 0 Å². The molecule has 0 unspecified atom stereocenters. The summed E-state index contributed by atoms with van der Waals surface area (Å²) >= 11 is 0. The normalized spacial score (nSPS) is 20.2. The van der Waals surface area contributed by atoms with Crippen molar-refractivity contribution < 1.29 is 9.53 Å². The Bertz CT molecular complexity index is 566. The van der Waals surface area contributed by atoms with Crippen molar-refractivity contribution in [2.24, 2.45) is 0 Å². The standard InChI is InChI=1S/C17H22N2O2/c1-12-9-14-10-15(7-8-16(14)21-12)19-17(20)18-11-13-5-3-2-4-6-13/h5,7-8,10,12H,2-4,6,9,11H2,1H3,(H2,18,19,20)/t12-/m0/s1. The molecule has 1 aliphatic carbocycles. The third-order valence-electron chi connectivity index (χ3n) is 4.01. The molecule has 2 aliphatic rings. The lowest BCUT2D eigenvalue weighted by Crippen LogP contribution is -2.30. The first kappa shape index (κ1) is 14.0. The molecule has 1 aliphatic heterocycles. The van der Waals surface area contributed by atoms with E-state index in [2.05, 4.69) is 23.6 Å². The van der Waals surface area contributed by atoms with E-state index in [-0.39, 0.29) is 12.1 Å². The van der Waals surface area contributed by atoms with E-state index in [4.69, 9.17) is 4.74 Å². The molecule has 0 fully saturated rings. The van der Waals surface area contributed by atoms with Crippen LogP contribution in [0, 0.1) is 0 Å². The lowest BCUT2D eigenvalue weighted by atomic mass is 10.00. The molecule has 0 spiro atoms. The van der Waals surface area contributed by atoms with Gasteiger partial charge in [-0.3, -0.25) is 0 Å². The van der Waals surface area contributed by atoms with Gasteiger partial charge in [-0.2, -0.15) is 0 Å². The Morgan fingerprint density at radius 2 is 2.29 bits per heavy atom. The van der Waals surface area contributed by atoms with E-state index in [0.717, 1.165) is 36.3 Å². The van der Waals surface area contributed by atoms with E-state index >= 15 is 0 Å².